The van der Waals surface area contributed by atoms with Crippen LogP contribution in [0, 0.1) is 0 Å². The standard InChI is InChI=1S/C10H17N5O/c1-10(2,3)9-5-8(15(4)13-9)7(6-16)12-14-11/h5,7,16H,6H2,1-4H3. The molecule has 88 valence electrons. The minimum absolute atomic E-state index is 0.0631. The Bertz CT molecular complexity index is 411. The van der Waals surface area contributed by atoms with Crippen LogP contribution in [0.4, 0.5) is 0 Å². The molecule has 1 aromatic heterocycles. The van der Waals surface area contributed by atoms with Crippen molar-refractivity contribution in [1.29, 1.82) is 0 Å². The highest BCUT2D eigenvalue weighted by atomic mass is 16.3. The summed E-state index contributed by atoms with van der Waals surface area (Å²) in [5.41, 5.74) is 9.98. The van der Waals surface area contributed by atoms with Crippen molar-refractivity contribution >= 4 is 0 Å². The molecule has 0 aliphatic heterocycles. The van der Waals surface area contributed by atoms with Crippen LogP contribution < -0.4 is 0 Å². The molecule has 1 rings (SSSR count). The van der Waals surface area contributed by atoms with Crippen LogP contribution in [0.25, 0.3) is 10.4 Å². The van der Waals surface area contributed by atoms with Gasteiger partial charge in [0.1, 0.15) is 6.04 Å². The Morgan fingerprint density at radius 3 is 2.62 bits per heavy atom. The third-order valence-electron chi connectivity index (χ3n) is 2.39. The van der Waals surface area contributed by atoms with E-state index in [-0.39, 0.29) is 12.0 Å². The molecule has 1 atom stereocenters. The highest BCUT2D eigenvalue weighted by molar-refractivity contribution is 5.20. The lowest BCUT2D eigenvalue weighted by molar-refractivity contribution is 0.263. The maximum absolute atomic E-state index is 9.14. The Morgan fingerprint density at radius 2 is 2.25 bits per heavy atom. The van der Waals surface area contributed by atoms with Gasteiger partial charge in [-0.05, 0) is 11.6 Å². The number of hydrogen-bond acceptors (Lipinski definition) is 3. The molecule has 0 spiro atoms. The van der Waals surface area contributed by atoms with Gasteiger partial charge in [-0.25, -0.2) is 0 Å². The average molecular weight is 223 g/mol. The zero-order valence-electron chi connectivity index (χ0n) is 10.0. The van der Waals surface area contributed by atoms with Crippen LogP contribution in [0.5, 0.6) is 0 Å². The molecule has 0 saturated heterocycles. The second-order valence-corrected chi connectivity index (χ2v) is 4.73. The first-order chi connectivity index (χ1) is 7.40. The molecule has 0 aromatic carbocycles. The SMILES string of the molecule is Cn1nc(C(C)(C)C)cc1C(CO)N=[N+]=[N-]. The quantitative estimate of drug-likeness (QED) is 0.483. The van der Waals surface area contributed by atoms with Crippen LogP contribution in [0.2, 0.25) is 0 Å². The molecule has 0 amide bonds. The molecule has 6 heteroatoms. The zero-order chi connectivity index (χ0) is 12.3. The maximum Gasteiger partial charge on any atom is 0.102 e. The first-order valence-corrected chi connectivity index (χ1v) is 5.09. The molecular formula is C10H17N5O. The van der Waals surface area contributed by atoms with Crippen molar-refractivity contribution in [1.82, 2.24) is 9.78 Å². The maximum atomic E-state index is 9.14. The van der Waals surface area contributed by atoms with Crippen molar-refractivity contribution in [3.63, 3.8) is 0 Å². The highest BCUT2D eigenvalue weighted by Crippen LogP contribution is 2.25. The summed E-state index contributed by atoms with van der Waals surface area (Å²) in [5, 5.41) is 17.0. The van der Waals surface area contributed by atoms with E-state index in [1.807, 2.05) is 6.07 Å². The molecule has 16 heavy (non-hydrogen) atoms. The predicted molar refractivity (Wildman–Crippen MR) is 60.9 cm³/mol. The Kier molecular flexibility index (Phi) is 3.57. The third kappa shape index (κ3) is 2.53. The minimum atomic E-state index is -0.571. The molecule has 1 unspecified atom stereocenters. The first kappa shape index (κ1) is 12.5. The van der Waals surface area contributed by atoms with Gasteiger partial charge in [-0.2, -0.15) is 5.10 Å². The summed E-state index contributed by atoms with van der Waals surface area (Å²) in [6, 6.07) is 1.30. The predicted octanol–water partition coefficient (Wildman–Crippen LogP) is 2.06. The normalized spacial score (nSPS) is 13.3. The second kappa shape index (κ2) is 4.55. The summed E-state index contributed by atoms with van der Waals surface area (Å²) in [7, 11) is 1.78. The Morgan fingerprint density at radius 1 is 1.62 bits per heavy atom. The van der Waals surface area contributed by atoms with Crippen LogP contribution >= 0.6 is 0 Å². The summed E-state index contributed by atoms with van der Waals surface area (Å²) in [5.74, 6) is 0. The largest absolute Gasteiger partial charge is 0.396 e. The molecule has 0 bridgehead atoms. The molecular weight excluding hydrogens is 206 g/mol. The van der Waals surface area contributed by atoms with E-state index in [4.69, 9.17) is 10.6 Å². The monoisotopic (exact) mass is 223 g/mol. The number of hydrogen-bond donors (Lipinski definition) is 1. The average Bonchev–Trinajstić information content (AvgIpc) is 2.56. The van der Waals surface area contributed by atoms with E-state index in [1.54, 1.807) is 11.7 Å². The first-order valence-electron chi connectivity index (χ1n) is 5.09. The number of aryl methyl sites for hydroxylation is 1. The van der Waals surface area contributed by atoms with Gasteiger partial charge in [-0.1, -0.05) is 25.9 Å². The number of aliphatic hydroxyl groups is 1. The van der Waals surface area contributed by atoms with Crippen molar-refractivity contribution in [2.45, 2.75) is 32.2 Å². The van der Waals surface area contributed by atoms with Crippen LogP contribution in [-0.4, -0.2) is 21.5 Å². The van der Waals surface area contributed by atoms with E-state index in [0.29, 0.717) is 0 Å². The van der Waals surface area contributed by atoms with Gasteiger partial charge in [0.15, 0.2) is 0 Å². The summed E-state index contributed by atoms with van der Waals surface area (Å²) in [4.78, 5) is 2.72. The minimum Gasteiger partial charge on any atom is -0.396 e. The number of rotatable bonds is 3. The number of aliphatic hydroxyl groups excluding tert-OH is 1. The smallest absolute Gasteiger partial charge is 0.102 e. The van der Waals surface area contributed by atoms with Gasteiger partial charge in [-0.3, -0.25) is 4.68 Å². The highest BCUT2D eigenvalue weighted by Gasteiger charge is 2.21. The fraction of sp³-hybridized carbons (Fsp3) is 0.700. The van der Waals surface area contributed by atoms with Crippen molar-refractivity contribution in [3.05, 3.63) is 27.9 Å². The van der Waals surface area contributed by atoms with Gasteiger partial charge in [0.2, 0.25) is 0 Å². The number of aromatic nitrogens is 2. The van der Waals surface area contributed by atoms with Gasteiger partial charge >= 0.3 is 0 Å². The molecule has 1 N–H and O–H groups in total. The Hall–Kier alpha value is -1.52. The fourth-order valence-corrected chi connectivity index (χ4v) is 1.41. The van der Waals surface area contributed by atoms with Crippen molar-refractivity contribution in [2.75, 3.05) is 6.61 Å². The van der Waals surface area contributed by atoms with E-state index in [1.165, 1.54) is 0 Å². The zero-order valence-corrected chi connectivity index (χ0v) is 10.0. The topological polar surface area (TPSA) is 86.8 Å². The summed E-state index contributed by atoms with van der Waals surface area (Å²) >= 11 is 0. The van der Waals surface area contributed by atoms with E-state index in [9.17, 15) is 0 Å². The summed E-state index contributed by atoms with van der Waals surface area (Å²) in [6.45, 7) is 5.95. The van der Waals surface area contributed by atoms with Gasteiger partial charge in [-0.15, -0.1) is 0 Å². The van der Waals surface area contributed by atoms with Crippen molar-refractivity contribution in [3.8, 4) is 0 Å². The lowest BCUT2D eigenvalue weighted by Gasteiger charge is -2.13. The molecule has 0 fully saturated rings. The van der Waals surface area contributed by atoms with Crippen LogP contribution in [0.15, 0.2) is 11.2 Å². The number of nitrogens with zero attached hydrogens (tertiary/aromatic N) is 5. The molecule has 1 aromatic rings. The van der Waals surface area contributed by atoms with Crippen molar-refractivity contribution in [2.24, 2.45) is 12.2 Å². The molecule has 6 nitrogen and oxygen atoms in total. The van der Waals surface area contributed by atoms with Gasteiger partial charge in [0.05, 0.1) is 12.3 Å². The fourth-order valence-electron chi connectivity index (χ4n) is 1.41. The van der Waals surface area contributed by atoms with E-state index >= 15 is 0 Å². The molecule has 0 radical (unpaired) electrons. The van der Waals surface area contributed by atoms with E-state index in [2.05, 4.69) is 35.9 Å². The summed E-state index contributed by atoms with van der Waals surface area (Å²) in [6.07, 6.45) is 0. The van der Waals surface area contributed by atoms with Gasteiger partial charge < -0.3 is 5.11 Å². The van der Waals surface area contributed by atoms with E-state index in [0.717, 1.165) is 11.4 Å². The molecule has 0 aliphatic carbocycles. The van der Waals surface area contributed by atoms with Crippen LogP contribution in [-0.2, 0) is 12.5 Å². The Balaban J connectivity index is 3.15. The van der Waals surface area contributed by atoms with Crippen LogP contribution in [0.1, 0.15) is 38.2 Å². The molecule has 0 aliphatic rings. The lowest BCUT2D eigenvalue weighted by Crippen LogP contribution is -2.12. The summed E-state index contributed by atoms with van der Waals surface area (Å²) < 4.78 is 1.65. The lowest BCUT2D eigenvalue weighted by atomic mass is 9.92. The van der Waals surface area contributed by atoms with Gasteiger partial charge in [0, 0.05) is 23.1 Å². The van der Waals surface area contributed by atoms with Crippen molar-refractivity contribution < 1.29 is 5.11 Å². The Labute approximate surface area is 94.5 Å². The van der Waals surface area contributed by atoms with Gasteiger partial charge in [0.25, 0.3) is 0 Å². The second-order valence-electron chi connectivity index (χ2n) is 4.73. The molecule has 1 heterocycles. The molecule has 0 saturated carbocycles. The van der Waals surface area contributed by atoms with E-state index < -0.39 is 6.04 Å². The number of azide groups is 1. The van der Waals surface area contributed by atoms with Crippen LogP contribution in [0.3, 0.4) is 0 Å². The third-order valence-corrected chi connectivity index (χ3v) is 2.39.